The van der Waals surface area contributed by atoms with Crippen LogP contribution in [0.15, 0.2) is 40.8 Å². The van der Waals surface area contributed by atoms with Gasteiger partial charge in [0.1, 0.15) is 5.04 Å². The van der Waals surface area contributed by atoms with Gasteiger partial charge in [0.2, 0.25) is 0 Å². The number of hydrazine groups is 2. The lowest BCUT2D eigenvalue weighted by Gasteiger charge is -2.27. The number of thioether (sulfide) groups is 1. The molecule has 0 spiro atoms. The number of Topliss-reactive ketones (excluding diaryl/α,β-unsaturated/α-hetero) is 1. The molecule has 0 aliphatic carbocycles. The quantitative estimate of drug-likeness (QED) is 0.535. The van der Waals surface area contributed by atoms with Gasteiger partial charge in [0.25, 0.3) is 0 Å². The SMILES string of the molecule is CCOC(=O)C1=C2N=C(S[C@H](C(C)=O)C(=O)OCC)c3ccccc3N2NN1. The van der Waals surface area contributed by atoms with Crippen molar-refractivity contribution >= 4 is 40.2 Å². The molecule has 0 aromatic heterocycles. The van der Waals surface area contributed by atoms with Crippen LogP contribution in [-0.4, -0.2) is 41.2 Å². The average Bonchev–Trinajstić information content (AvgIpc) is 3.10. The van der Waals surface area contributed by atoms with E-state index >= 15 is 0 Å². The molecule has 9 nitrogen and oxygen atoms in total. The Morgan fingerprint density at radius 1 is 1.18 bits per heavy atom. The minimum absolute atomic E-state index is 0.143. The first-order valence-corrected chi connectivity index (χ1v) is 9.60. The summed E-state index contributed by atoms with van der Waals surface area (Å²) in [6.07, 6.45) is 0. The van der Waals surface area contributed by atoms with Gasteiger partial charge in [-0.3, -0.25) is 15.0 Å². The molecule has 0 bridgehead atoms. The fourth-order valence-electron chi connectivity index (χ4n) is 2.68. The highest BCUT2D eigenvalue weighted by atomic mass is 32.2. The Balaban J connectivity index is 2.04. The summed E-state index contributed by atoms with van der Waals surface area (Å²) in [5.41, 5.74) is 7.22. The molecule has 0 saturated heterocycles. The summed E-state index contributed by atoms with van der Waals surface area (Å²) in [4.78, 5) is 41.0. The van der Waals surface area contributed by atoms with Gasteiger partial charge in [-0.25, -0.2) is 14.8 Å². The number of ether oxygens (including phenoxy) is 2. The molecule has 1 aromatic rings. The number of ketones is 1. The summed E-state index contributed by atoms with van der Waals surface area (Å²) in [5.74, 6) is -1.22. The molecule has 0 unspecified atom stereocenters. The molecule has 2 heterocycles. The molecule has 148 valence electrons. The van der Waals surface area contributed by atoms with Crippen molar-refractivity contribution < 1.29 is 23.9 Å². The number of para-hydroxylation sites is 1. The van der Waals surface area contributed by atoms with E-state index in [-0.39, 0.29) is 24.7 Å². The van der Waals surface area contributed by atoms with Gasteiger partial charge in [-0.05, 0) is 26.8 Å². The van der Waals surface area contributed by atoms with Crippen LogP contribution in [0.4, 0.5) is 5.69 Å². The second-order valence-corrected chi connectivity index (χ2v) is 6.88. The lowest BCUT2D eigenvalue weighted by molar-refractivity contribution is -0.144. The van der Waals surface area contributed by atoms with E-state index in [1.165, 1.54) is 6.92 Å². The van der Waals surface area contributed by atoms with Gasteiger partial charge in [-0.1, -0.05) is 30.0 Å². The van der Waals surface area contributed by atoms with E-state index in [4.69, 9.17) is 9.47 Å². The van der Waals surface area contributed by atoms with Gasteiger partial charge >= 0.3 is 11.9 Å². The molecular weight excluding hydrogens is 384 g/mol. The molecule has 2 aliphatic heterocycles. The molecule has 0 saturated carbocycles. The Morgan fingerprint density at radius 3 is 2.57 bits per heavy atom. The number of carbonyl (C=O) groups excluding carboxylic acids is 3. The molecule has 3 rings (SSSR count). The smallest absolute Gasteiger partial charge is 0.359 e. The second-order valence-electron chi connectivity index (χ2n) is 5.79. The number of hydrogen-bond donors (Lipinski definition) is 2. The van der Waals surface area contributed by atoms with Crippen LogP contribution in [0.3, 0.4) is 0 Å². The number of hydrogen-bond acceptors (Lipinski definition) is 10. The second kappa shape index (κ2) is 8.44. The third-order valence-corrected chi connectivity index (χ3v) is 5.18. The van der Waals surface area contributed by atoms with Crippen LogP contribution in [0.2, 0.25) is 0 Å². The number of nitrogens with zero attached hydrogens (tertiary/aromatic N) is 2. The number of benzene rings is 1. The molecule has 0 amide bonds. The van der Waals surface area contributed by atoms with E-state index in [0.717, 1.165) is 11.8 Å². The van der Waals surface area contributed by atoms with Gasteiger partial charge in [-0.15, -0.1) is 5.53 Å². The Hall–Kier alpha value is -2.85. The van der Waals surface area contributed by atoms with Gasteiger partial charge < -0.3 is 9.47 Å². The average molecular weight is 404 g/mol. The van der Waals surface area contributed by atoms with Crippen molar-refractivity contribution in [3.05, 3.63) is 41.3 Å². The Kier molecular flexibility index (Phi) is 6.00. The molecule has 2 N–H and O–H groups in total. The van der Waals surface area contributed by atoms with Crippen molar-refractivity contribution in [1.29, 1.82) is 0 Å². The van der Waals surface area contributed by atoms with Crippen molar-refractivity contribution in [2.75, 3.05) is 18.2 Å². The minimum atomic E-state index is -1.05. The molecular formula is C18H20N4O5S. The lowest BCUT2D eigenvalue weighted by atomic mass is 10.1. The predicted molar refractivity (Wildman–Crippen MR) is 104 cm³/mol. The largest absolute Gasteiger partial charge is 0.465 e. The maximum atomic E-state index is 12.2. The van der Waals surface area contributed by atoms with E-state index in [9.17, 15) is 14.4 Å². The van der Waals surface area contributed by atoms with Gasteiger partial charge in [0.15, 0.2) is 22.6 Å². The van der Waals surface area contributed by atoms with E-state index < -0.39 is 17.2 Å². The molecule has 28 heavy (non-hydrogen) atoms. The van der Waals surface area contributed by atoms with Gasteiger partial charge in [0.05, 0.1) is 18.9 Å². The number of aliphatic imine (C=N–C) groups is 1. The topological polar surface area (TPSA) is 109 Å². The van der Waals surface area contributed by atoms with Crippen LogP contribution in [0, 0.1) is 0 Å². The highest BCUT2D eigenvalue weighted by molar-refractivity contribution is 8.16. The van der Waals surface area contributed by atoms with Crippen LogP contribution in [0.25, 0.3) is 0 Å². The zero-order valence-corrected chi connectivity index (χ0v) is 16.5. The summed E-state index contributed by atoms with van der Waals surface area (Å²) >= 11 is 0.998. The maximum absolute atomic E-state index is 12.2. The summed E-state index contributed by atoms with van der Waals surface area (Å²) in [7, 11) is 0. The number of rotatable bonds is 6. The van der Waals surface area contributed by atoms with Crippen LogP contribution in [0.5, 0.6) is 0 Å². The number of carbonyl (C=O) groups is 3. The standard InChI is InChI=1S/C18H20N4O5S/c1-4-26-17(24)13-15-19-16(28-14(10(3)23)18(25)27-5-2)11-8-6-7-9-12(11)22(15)21-20-13/h6-9,14,20-21H,4-5H2,1-3H3/t14-/m1/s1. The van der Waals surface area contributed by atoms with Crippen LogP contribution in [0.1, 0.15) is 26.3 Å². The maximum Gasteiger partial charge on any atom is 0.359 e. The predicted octanol–water partition coefficient (Wildman–Crippen LogP) is 1.26. The lowest BCUT2D eigenvalue weighted by Crippen LogP contribution is -2.40. The van der Waals surface area contributed by atoms with Crippen molar-refractivity contribution in [2.24, 2.45) is 4.99 Å². The highest BCUT2D eigenvalue weighted by Crippen LogP contribution is 2.36. The normalized spacial score (nSPS) is 15.8. The number of nitrogens with one attached hydrogen (secondary N) is 2. The summed E-state index contributed by atoms with van der Waals surface area (Å²) < 4.78 is 10.1. The Morgan fingerprint density at radius 2 is 1.89 bits per heavy atom. The summed E-state index contributed by atoms with van der Waals surface area (Å²) in [6, 6.07) is 7.32. The number of fused-ring (bicyclic) bond motifs is 3. The van der Waals surface area contributed by atoms with Crippen molar-refractivity contribution in [1.82, 2.24) is 11.0 Å². The zero-order valence-electron chi connectivity index (χ0n) is 15.6. The van der Waals surface area contributed by atoms with Crippen molar-refractivity contribution in [3.8, 4) is 0 Å². The minimum Gasteiger partial charge on any atom is -0.465 e. The van der Waals surface area contributed by atoms with Gasteiger partial charge in [-0.2, -0.15) is 0 Å². The van der Waals surface area contributed by atoms with Crippen LogP contribution in [-0.2, 0) is 23.9 Å². The van der Waals surface area contributed by atoms with Crippen molar-refractivity contribution in [2.45, 2.75) is 26.0 Å². The molecule has 2 aliphatic rings. The molecule has 1 aromatic carbocycles. The monoisotopic (exact) mass is 404 g/mol. The molecule has 1 atom stereocenters. The first kappa shape index (κ1) is 19.9. The first-order chi connectivity index (χ1) is 13.5. The molecule has 0 radical (unpaired) electrons. The zero-order chi connectivity index (χ0) is 20.3. The Bertz CT molecular complexity index is 882. The van der Waals surface area contributed by atoms with Crippen LogP contribution >= 0.6 is 11.8 Å². The third-order valence-electron chi connectivity index (χ3n) is 3.89. The van der Waals surface area contributed by atoms with Gasteiger partial charge in [0, 0.05) is 5.56 Å². The third kappa shape index (κ3) is 3.73. The fraction of sp³-hybridized carbons (Fsp3) is 0.333. The fourth-order valence-corrected chi connectivity index (χ4v) is 3.67. The molecule has 0 fully saturated rings. The summed E-state index contributed by atoms with van der Waals surface area (Å²) in [5, 5.41) is 0.994. The number of anilines is 1. The highest BCUT2D eigenvalue weighted by Gasteiger charge is 2.37. The Labute approximate surface area is 166 Å². The van der Waals surface area contributed by atoms with E-state index in [0.29, 0.717) is 22.1 Å². The van der Waals surface area contributed by atoms with E-state index in [1.807, 2.05) is 24.3 Å². The van der Waals surface area contributed by atoms with Crippen LogP contribution < -0.4 is 16.0 Å². The van der Waals surface area contributed by atoms with Crippen molar-refractivity contribution in [3.63, 3.8) is 0 Å². The number of esters is 2. The first-order valence-electron chi connectivity index (χ1n) is 8.72. The summed E-state index contributed by atoms with van der Waals surface area (Å²) in [6.45, 7) is 5.11. The molecule has 10 heteroatoms. The van der Waals surface area contributed by atoms with E-state index in [1.54, 1.807) is 18.9 Å². The van der Waals surface area contributed by atoms with E-state index in [2.05, 4.69) is 16.0 Å².